The van der Waals surface area contributed by atoms with Crippen LogP contribution in [0.2, 0.25) is 0 Å². The molecule has 327 valence electrons. The van der Waals surface area contributed by atoms with Crippen LogP contribution in [0.25, 0.3) is 88.3 Å². The fourth-order valence-electron chi connectivity index (χ4n) is 8.14. The van der Waals surface area contributed by atoms with Gasteiger partial charge in [-0.3, -0.25) is 0 Å². The van der Waals surface area contributed by atoms with Crippen molar-refractivity contribution in [2.45, 2.75) is 74.8 Å². The predicted octanol–water partition coefficient (Wildman–Crippen LogP) is 16.7. The molecule has 10 rings (SSSR count). The summed E-state index contributed by atoms with van der Waals surface area (Å²) in [7, 11) is 0. The van der Waals surface area contributed by atoms with Gasteiger partial charge in [0.15, 0.2) is 0 Å². The van der Waals surface area contributed by atoms with Crippen LogP contribution in [0.3, 0.4) is 0 Å². The van der Waals surface area contributed by atoms with Crippen LogP contribution < -0.4 is 0 Å². The fourth-order valence-corrected chi connectivity index (χ4v) is 8.14. The Morgan fingerprint density at radius 2 is 1.25 bits per heavy atom. The van der Waals surface area contributed by atoms with Gasteiger partial charge >= 0.3 is 0 Å². The van der Waals surface area contributed by atoms with Crippen LogP contribution in [0.5, 0.6) is 0 Å². The van der Waals surface area contributed by atoms with Crippen molar-refractivity contribution in [2.24, 2.45) is 10.8 Å². The second-order valence-corrected chi connectivity index (χ2v) is 18.1. The van der Waals surface area contributed by atoms with E-state index in [1.54, 1.807) is 63.4 Å². The second kappa shape index (κ2) is 18.4. The molecule has 3 nitrogen and oxygen atoms in total. The van der Waals surface area contributed by atoms with Crippen molar-refractivity contribution in [3.8, 4) is 44.8 Å². The van der Waals surface area contributed by atoms with Crippen LogP contribution in [-0.2, 0) is 32.9 Å². The first-order chi connectivity index (χ1) is 35.9. The van der Waals surface area contributed by atoms with Crippen molar-refractivity contribution in [1.29, 1.82) is 0 Å². The number of rotatable bonds is 6. The van der Waals surface area contributed by atoms with Crippen molar-refractivity contribution < 1.29 is 42.3 Å². The molecule has 0 bridgehead atoms. The Morgan fingerprint density at radius 1 is 0.554 bits per heavy atom. The van der Waals surface area contributed by atoms with Crippen molar-refractivity contribution in [3.05, 3.63) is 192 Å². The van der Waals surface area contributed by atoms with E-state index in [-0.39, 0.29) is 53.5 Å². The van der Waals surface area contributed by atoms with Gasteiger partial charge < -0.3 is 14.4 Å². The van der Waals surface area contributed by atoms with Crippen molar-refractivity contribution >= 4 is 43.5 Å². The molecule has 0 aliphatic carbocycles. The minimum atomic E-state index is -2.66. The van der Waals surface area contributed by atoms with Gasteiger partial charge in [-0.15, -0.1) is 47.5 Å². The molecule has 0 saturated heterocycles. The van der Waals surface area contributed by atoms with Gasteiger partial charge in [0, 0.05) is 61.1 Å². The molecular weight excluding hydrogens is 969 g/mol. The van der Waals surface area contributed by atoms with E-state index in [0.717, 1.165) is 37.9 Å². The summed E-state index contributed by atoms with van der Waals surface area (Å²) in [4.78, 5) is 9.01. The molecule has 3 aromatic heterocycles. The topological polar surface area (TPSA) is 38.9 Å². The Kier molecular flexibility index (Phi) is 8.94. The quantitative estimate of drug-likeness (QED) is 0.123. The molecule has 7 aromatic carbocycles. The van der Waals surface area contributed by atoms with Gasteiger partial charge in [-0.2, -0.15) is 0 Å². The average Bonchev–Trinajstić information content (AvgIpc) is 3.84. The van der Waals surface area contributed by atoms with Crippen LogP contribution >= 0.6 is 0 Å². The second-order valence-electron chi connectivity index (χ2n) is 18.1. The van der Waals surface area contributed by atoms with E-state index in [1.165, 1.54) is 24.4 Å². The third kappa shape index (κ3) is 9.76. The Balaban J connectivity index is 0.000000230. The molecule has 1 radical (unpaired) electrons. The van der Waals surface area contributed by atoms with E-state index in [4.69, 9.17) is 22.2 Å². The zero-order chi connectivity index (χ0) is 55.8. The van der Waals surface area contributed by atoms with Gasteiger partial charge in [-0.05, 0) is 104 Å². The standard InChI is InChI=1S/C38H32NO.C23H24N.Ir/c1-23-19-25(21-38(3,4)5)13-17-28(23)33-20-34(39-22-24(33)2)32-12-8-11-30-31-18-16-27-15-14-26-9-6-7-10-29(26)35(27)37(31)40-36(30)32;1-17-10-12-20(14-21(17)19-8-6-5-7-9-19)22-13-11-18(16-24-22)15-23(2,3)4;/h6-11,13-20,22H,21H2,1-5H3;5-11,13-14,16H,15H2,1-4H3;/q2*-1;/i1D3,2D3,21D2;1D3,15D2;. The van der Waals surface area contributed by atoms with Gasteiger partial charge in [0.1, 0.15) is 5.58 Å². The molecule has 0 aliphatic rings. The van der Waals surface area contributed by atoms with Crippen LogP contribution in [0.4, 0.5) is 0 Å². The molecule has 0 amide bonds. The first-order valence-electron chi connectivity index (χ1n) is 27.8. The third-order valence-corrected chi connectivity index (χ3v) is 10.9. The van der Waals surface area contributed by atoms with Crippen LogP contribution in [0.1, 0.15) is 87.2 Å². The zero-order valence-corrected chi connectivity index (χ0v) is 39.5. The number of benzene rings is 7. The molecule has 65 heavy (non-hydrogen) atoms. The van der Waals surface area contributed by atoms with Gasteiger partial charge in [0.05, 0.1) is 5.58 Å². The molecule has 3 heterocycles. The van der Waals surface area contributed by atoms with Gasteiger partial charge in [0.2, 0.25) is 0 Å². The largest absolute Gasteiger partial charge is 0.500 e. The minimum absolute atomic E-state index is 0. The van der Waals surface area contributed by atoms with E-state index in [2.05, 4.69) is 52.4 Å². The van der Waals surface area contributed by atoms with E-state index in [9.17, 15) is 0 Å². The molecule has 4 heteroatoms. The monoisotopic (exact) mass is 1040 g/mol. The first kappa shape index (κ1) is 31.6. The van der Waals surface area contributed by atoms with Crippen LogP contribution in [0, 0.1) is 43.5 Å². The summed E-state index contributed by atoms with van der Waals surface area (Å²) in [5.41, 5.74) is 4.49. The van der Waals surface area contributed by atoms with E-state index in [1.807, 2.05) is 75.4 Å². The molecular formula is C61H56IrN2O-2. The number of aromatic nitrogens is 2. The first-order valence-corrected chi connectivity index (χ1v) is 21.3. The normalized spacial score (nSPS) is 15.8. The molecule has 0 atom stereocenters. The molecule has 0 aliphatic heterocycles. The third-order valence-electron chi connectivity index (χ3n) is 10.9. The maximum atomic E-state index is 8.77. The van der Waals surface area contributed by atoms with Gasteiger partial charge in [0.25, 0.3) is 0 Å². The van der Waals surface area contributed by atoms with E-state index in [0.29, 0.717) is 44.8 Å². The summed E-state index contributed by atoms with van der Waals surface area (Å²) in [6, 6.07) is 48.5. The minimum Gasteiger partial charge on any atom is -0.500 e. The maximum Gasteiger partial charge on any atom is 0.129 e. The van der Waals surface area contributed by atoms with Crippen molar-refractivity contribution in [3.63, 3.8) is 0 Å². The Bertz CT molecular complexity index is 3850. The predicted molar refractivity (Wildman–Crippen MR) is 271 cm³/mol. The number of pyridine rings is 2. The van der Waals surface area contributed by atoms with Crippen molar-refractivity contribution in [1.82, 2.24) is 9.97 Å². The maximum absolute atomic E-state index is 8.77. The molecule has 0 unspecified atom stereocenters. The number of aryl methyl sites for hydroxylation is 3. The van der Waals surface area contributed by atoms with Crippen LogP contribution in [-0.4, -0.2) is 9.97 Å². The zero-order valence-electron chi connectivity index (χ0n) is 50.1. The van der Waals surface area contributed by atoms with E-state index < -0.39 is 44.1 Å². The van der Waals surface area contributed by atoms with Gasteiger partial charge in [-0.1, -0.05) is 180 Å². The fraction of sp³-hybridized carbons (Fsp3) is 0.213. The number of hydrogen-bond acceptors (Lipinski definition) is 3. The summed E-state index contributed by atoms with van der Waals surface area (Å²) in [5, 5.41) is 5.92. The van der Waals surface area contributed by atoms with Gasteiger partial charge in [-0.25, -0.2) is 0 Å². The summed E-state index contributed by atoms with van der Waals surface area (Å²) in [6.45, 7) is 3.29. The molecule has 0 N–H and O–H groups in total. The summed E-state index contributed by atoms with van der Waals surface area (Å²) < 4.78 is 115. The smallest absolute Gasteiger partial charge is 0.129 e. The summed E-state index contributed by atoms with van der Waals surface area (Å²) >= 11 is 0. The van der Waals surface area contributed by atoms with Crippen LogP contribution in [0.15, 0.2) is 156 Å². The van der Waals surface area contributed by atoms with Crippen molar-refractivity contribution in [2.75, 3.05) is 0 Å². The Hall–Kier alpha value is -6.19. The molecule has 0 fully saturated rings. The summed E-state index contributed by atoms with van der Waals surface area (Å²) in [5.74, 6) is 0. The number of nitrogens with zero attached hydrogens (tertiary/aromatic N) is 2. The number of hydrogen-bond donors (Lipinski definition) is 0. The SMILES string of the molecule is [2H]C([2H])([2H])c1c[c-]c(-c2ccc(C([2H])([2H])C(C)(C)C)cn2)cc1-c1ccccc1.[2H]C([2H])([2H])c1cnc(-c2[c-]ccc3c2oc2c3ccc3ccc4ccccc4c32)cc1-c1ccc(C([2H])([2H])C(C)(C)C)cc1C([2H])([2H])[2H].[Ir]. The average molecular weight is 1040 g/mol. The number of furan rings is 1. The molecule has 0 spiro atoms. The molecule has 0 saturated carbocycles. The summed E-state index contributed by atoms with van der Waals surface area (Å²) in [6.07, 6.45) is -0.568. The Labute approximate surface area is 416 Å². The van der Waals surface area contributed by atoms with E-state index >= 15 is 0 Å². The molecule has 10 aromatic rings. The number of fused-ring (bicyclic) bond motifs is 7. The Morgan fingerprint density at radius 3 is 2.00 bits per heavy atom.